The molecule has 0 bridgehead atoms. The van der Waals surface area contributed by atoms with Gasteiger partial charge in [-0.15, -0.1) is 12.4 Å². The third kappa shape index (κ3) is 3.53. The number of benzene rings is 1. The van der Waals surface area contributed by atoms with E-state index in [1.807, 2.05) is 17.0 Å². The second kappa shape index (κ2) is 7.70. The average molecular weight is 411 g/mol. The molecule has 27 heavy (non-hydrogen) atoms. The molecule has 0 aliphatic carbocycles. The summed E-state index contributed by atoms with van der Waals surface area (Å²) in [6, 6.07) is 8.57. The number of hydrogen-bond acceptors (Lipinski definition) is 4. The smallest absolute Gasteiger partial charge is 0.275 e. The molecule has 0 N–H and O–H groups in total. The third-order valence-corrected chi connectivity index (χ3v) is 5.90. The molecule has 3 heterocycles. The number of halogens is 2. The van der Waals surface area contributed by atoms with Crippen LogP contribution in [0.3, 0.4) is 0 Å². The minimum absolute atomic E-state index is 0. The molecule has 0 spiro atoms. The summed E-state index contributed by atoms with van der Waals surface area (Å²) in [6.07, 6.45) is 1.67. The van der Waals surface area contributed by atoms with Gasteiger partial charge in [0, 0.05) is 44.8 Å². The van der Waals surface area contributed by atoms with Gasteiger partial charge in [-0.1, -0.05) is 23.7 Å². The molecular formula is C19H24Cl2N4O2. The van der Waals surface area contributed by atoms with Crippen molar-refractivity contribution in [2.24, 2.45) is 18.9 Å². The Balaban J connectivity index is 0.00000210. The summed E-state index contributed by atoms with van der Waals surface area (Å²) in [7, 11) is 5.61. The summed E-state index contributed by atoms with van der Waals surface area (Å²) in [4.78, 5) is 17.2. The minimum Gasteiger partial charge on any atom is -0.497 e. The third-order valence-electron chi connectivity index (χ3n) is 5.63. The minimum atomic E-state index is -0.0684. The fraction of sp³-hybridized carbons (Fsp3) is 0.474. The van der Waals surface area contributed by atoms with E-state index in [0.29, 0.717) is 28.6 Å². The van der Waals surface area contributed by atoms with Gasteiger partial charge < -0.3 is 9.64 Å². The molecule has 2 aliphatic heterocycles. The van der Waals surface area contributed by atoms with E-state index in [1.165, 1.54) is 5.56 Å². The molecule has 1 aromatic heterocycles. The number of hydrogen-bond donors (Lipinski definition) is 0. The SMILES string of the molecule is COc1ccc([C@H]2[C@@H]3CN(C(=O)c4nn(C)cc4Cl)C[C@@H]3CN2C)cc1.Cl. The molecule has 2 aliphatic rings. The molecule has 6 nitrogen and oxygen atoms in total. The lowest BCUT2D eigenvalue weighted by molar-refractivity contribution is 0.0761. The molecular weight excluding hydrogens is 387 g/mol. The van der Waals surface area contributed by atoms with Gasteiger partial charge in [0.05, 0.1) is 12.1 Å². The Morgan fingerprint density at radius 1 is 1.19 bits per heavy atom. The first-order valence-corrected chi connectivity index (χ1v) is 9.18. The zero-order valence-electron chi connectivity index (χ0n) is 15.6. The van der Waals surface area contributed by atoms with Crippen LogP contribution in [0.25, 0.3) is 0 Å². The van der Waals surface area contributed by atoms with Crippen molar-refractivity contribution >= 4 is 29.9 Å². The molecule has 1 amide bonds. The van der Waals surface area contributed by atoms with Crippen molar-refractivity contribution in [2.45, 2.75) is 6.04 Å². The number of fused-ring (bicyclic) bond motifs is 1. The monoisotopic (exact) mass is 410 g/mol. The lowest BCUT2D eigenvalue weighted by atomic mass is 9.89. The van der Waals surface area contributed by atoms with Gasteiger partial charge in [0.1, 0.15) is 5.75 Å². The van der Waals surface area contributed by atoms with Crippen LogP contribution in [0.15, 0.2) is 30.5 Å². The maximum Gasteiger partial charge on any atom is 0.275 e. The van der Waals surface area contributed by atoms with E-state index in [9.17, 15) is 4.79 Å². The molecule has 0 saturated carbocycles. The van der Waals surface area contributed by atoms with Crippen LogP contribution in [0.1, 0.15) is 22.1 Å². The highest BCUT2D eigenvalue weighted by Crippen LogP contribution is 2.44. The van der Waals surface area contributed by atoms with Crippen LogP contribution < -0.4 is 4.74 Å². The highest BCUT2D eigenvalue weighted by Gasteiger charge is 2.47. The average Bonchev–Trinajstić information content (AvgIpc) is 3.26. The highest BCUT2D eigenvalue weighted by molar-refractivity contribution is 6.33. The normalized spacial score (nSPS) is 24.6. The van der Waals surface area contributed by atoms with Crippen LogP contribution in [0.4, 0.5) is 0 Å². The van der Waals surface area contributed by atoms with Crippen LogP contribution in [0.2, 0.25) is 5.02 Å². The van der Waals surface area contributed by atoms with E-state index >= 15 is 0 Å². The van der Waals surface area contributed by atoms with Gasteiger partial charge in [-0.3, -0.25) is 14.4 Å². The van der Waals surface area contributed by atoms with Gasteiger partial charge in [0.25, 0.3) is 5.91 Å². The number of methoxy groups -OCH3 is 1. The zero-order chi connectivity index (χ0) is 18.4. The van der Waals surface area contributed by atoms with Gasteiger partial charge in [-0.05, 0) is 30.7 Å². The van der Waals surface area contributed by atoms with Crippen molar-refractivity contribution in [3.05, 3.63) is 46.7 Å². The van der Waals surface area contributed by atoms with E-state index < -0.39 is 0 Å². The molecule has 2 fully saturated rings. The molecule has 0 unspecified atom stereocenters. The van der Waals surface area contributed by atoms with Crippen LogP contribution in [-0.2, 0) is 7.05 Å². The predicted octanol–water partition coefficient (Wildman–Crippen LogP) is 2.88. The molecule has 8 heteroatoms. The summed E-state index contributed by atoms with van der Waals surface area (Å²) in [5.74, 6) is 1.68. The Morgan fingerprint density at radius 3 is 2.48 bits per heavy atom. The number of carbonyl (C=O) groups is 1. The van der Waals surface area contributed by atoms with Crippen LogP contribution >= 0.6 is 24.0 Å². The molecule has 3 atom stereocenters. The molecule has 2 saturated heterocycles. The first-order chi connectivity index (χ1) is 12.5. The maximum atomic E-state index is 12.9. The number of amides is 1. The summed E-state index contributed by atoms with van der Waals surface area (Å²) in [6.45, 7) is 2.48. The van der Waals surface area contributed by atoms with Gasteiger partial charge in [-0.2, -0.15) is 5.10 Å². The number of ether oxygens (including phenoxy) is 1. The maximum absolute atomic E-state index is 12.9. The van der Waals surface area contributed by atoms with Crippen molar-refractivity contribution in [2.75, 3.05) is 33.8 Å². The van der Waals surface area contributed by atoms with Crippen LogP contribution in [-0.4, -0.2) is 59.3 Å². The standard InChI is InChI=1S/C19H23ClN4O2.ClH/c1-22-8-13-9-24(19(25)17-16(20)11-23(2)21-17)10-15(13)18(22)12-4-6-14(26-3)7-5-12;/h4-7,11,13,15,18H,8-10H2,1-3H3;1H/t13-,15+,18-;/m0./s1. The van der Waals surface area contributed by atoms with E-state index in [4.69, 9.17) is 16.3 Å². The first-order valence-electron chi connectivity index (χ1n) is 8.80. The van der Waals surface area contributed by atoms with E-state index in [-0.39, 0.29) is 18.3 Å². The Hall–Kier alpha value is -1.76. The Morgan fingerprint density at radius 2 is 1.89 bits per heavy atom. The first kappa shape index (κ1) is 20.0. The molecule has 2 aromatic rings. The largest absolute Gasteiger partial charge is 0.497 e. The Kier molecular flexibility index (Phi) is 5.70. The van der Waals surface area contributed by atoms with Crippen molar-refractivity contribution < 1.29 is 9.53 Å². The van der Waals surface area contributed by atoms with Crippen LogP contribution in [0, 0.1) is 11.8 Å². The summed E-state index contributed by atoms with van der Waals surface area (Å²) >= 11 is 6.16. The second-order valence-electron chi connectivity index (χ2n) is 7.29. The Bertz CT molecular complexity index is 824. The number of rotatable bonds is 3. The Labute approximate surface area is 170 Å². The number of aryl methyl sites for hydroxylation is 1. The van der Waals surface area contributed by atoms with Crippen molar-refractivity contribution in [3.63, 3.8) is 0 Å². The highest BCUT2D eigenvalue weighted by atomic mass is 35.5. The van der Waals surface area contributed by atoms with E-state index in [2.05, 4.69) is 29.2 Å². The second-order valence-corrected chi connectivity index (χ2v) is 7.70. The number of aromatic nitrogens is 2. The summed E-state index contributed by atoms with van der Waals surface area (Å²) < 4.78 is 6.85. The van der Waals surface area contributed by atoms with Crippen LogP contribution in [0.5, 0.6) is 5.75 Å². The lowest BCUT2D eigenvalue weighted by Crippen LogP contribution is -2.33. The summed E-state index contributed by atoms with van der Waals surface area (Å²) in [5.41, 5.74) is 1.62. The van der Waals surface area contributed by atoms with Crippen molar-refractivity contribution in [3.8, 4) is 5.75 Å². The zero-order valence-corrected chi connectivity index (χ0v) is 17.2. The molecule has 0 radical (unpaired) electrons. The van der Waals surface area contributed by atoms with E-state index in [0.717, 1.165) is 25.4 Å². The van der Waals surface area contributed by atoms with E-state index in [1.54, 1.807) is 25.0 Å². The molecule has 4 rings (SSSR count). The van der Waals surface area contributed by atoms with Gasteiger partial charge in [0.2, 0.25) is 0 Å². The van der Waals surface area contributed by atoms with Crippen molar-refractivity contribution in [1.82, 2.24) is 19.6 Å². The number of likely N-dealkylation sites (tertiary alicyclic amines) is 2. The fourth-order valence-electron chi connectivity index (χ4n) is 4.48. The molecule has 146 valence electrons. The summed E-state index contributed by atoms with van der Waals surface area (Å²) in [5, 5.41) is 4.64. The van der Waals surface area contributed by atoms with Gasteiger partial charge in [0.15, 0.2) is 5.69 Å². The van der Waals surface area contributed by atoms with Gasteiger partial charge in [-0.25, -0.2) is 0 Å². The molecule has 1 aromatic carbocycles. The number of carbonyl (C=O) groups excluding carboxylic acids is 1. The fourth-order valence-corrected chi connectivity index (χ4v) is 4.74. The number of nitrogens with zero attached hydrogens (tertiary/aromatic N) is 4. The predicted molar refractivity (Wildman–Crippen MR) is 107 cm³/mol. The quantitative estimate of drug-likeness (QED) is 0.780. The lowest BCUT2D eigenvalue weighted by Gasteiger charge is -2.26. The van der Waals surface area contributed by atoms with Crippen molar-refractivity contribution in [1.29, 1.82) is 0 Å². The van der Waals surface area contributed by atoms with Gasteiger partial charge >= 0.3 is 0 Å². The topological polar surface area (TPSA) is 50.6 Å².